The van der Waals surface area contributed by atoms with Crippen molar-refractivity contribution in [3.05, 3.63) is 60.2 Å². The first-order chi connectivity index (χ1) is 14.0. The Kier molecular flexibility index (Phi) is 6.84. The van der Waals surface area contributed by atoms with Crippen molar-refractivity contribution < 1.29 is 24.2 Å². The van der Waals surface area contributed by atoms with Crippen molar-refractivity contribution in [2.75, 3.05) is 25.0 Å². The molecular formula is C22H24N2O5. The van der Waals surface area contributed by atoms with Gasteiger partial charge in [0.15, 0.2) is 0 Å². The van der Waals surface area contributed by atoms with Crippen LogP contribution < -0.4 is 10.1 Å². The van der Waals surface area contributed by atoms with Crippen molar-refractivity contribution in [3.8, 4) is 5.75 Å². The molecule has 2 aromatic rings. The third-order valence-electron chi connectivity index (χ3n) is 4.87. The summed E-state index contributed by atoms with van der Waals surface area (Å²) in [4.78, 5) is 37.7. The van der Waals surface area contributed by atoms with E-state index in [1.54, 1.807) is 17.0 Å². The highest BCUT2D eigenvalue weighted by atomic mass is 16.5. The van der Waals surface area contributed by atoms with Crippen LogP contribution in [0.3, 0.4) is 0 Å². The van der Waals surface area contributed by atoms with E-state index in [4.69, 9.17) is 9.84 Å². The monoisotopic (exact) mass is 396 g/mol. The number of likely N-dealkylation sites (tertiary alicyclic amines) is 1. The van der Waals surface area contributed by atoms with Gasteiger partial charge in [0, 0.05) is 18.8 Å². The number of carbonyl (C=O) groups is 3. The van der Waals surface area contributed by atoms with Gasteiger partial charge < -0.3 is 20.1 Å². The van der Waals surface area contributed by atoms with Crippen molar-refractivity contribution in [2.24, 2.45) is 5.92 Å². The van der Waals surface area contributed by atoms with Gasteiger partial charge in [-0.15, -0.1) is 0 Å². The summed E-state index contributed by atoms with van der Waals surface area (Å²) in [7, 11) is 0. The number of nitrogens with zero attached hydrogens (tertiary/aromatic N) is 1. The third kappa shape index (κ3) is 5.81. The molecule has 152 valence electrons. The molecule has 1 aliphatic rings. The molecule has 2 amide bonds. The zero-order valence-corrected chi connectivity index (χ0v) is 16.0. The van der Waals surface area contributed by atoms with Gasteiger partial charge in [0.25, 0.3) is 0 Å². The number of nitrogens with one attached hydrogen (secondary N) is 1. The minimum Gasteiger partial charge on any atom is -0.493 e. The lowest BCUT2D eigenvalue weighted by molar-refractivity contribution is -0.135. The van der Waals surface area contributed by atoms with Gasteiger partial charge in [-0.25, -0.2) is 4.79 Å². The van der Waals surface area contributed by atoms with Gasteiger partial charge in [0.1, 0.15) is 5.75 Å². The van der Waals surface area contributed by atoms with Crippen LogP contribution in [-0.4, -0.2) is 47.5 Å². The summed E-state index contributed by atoms with van der Waals surface area (Å²) >= 11 is 0. The first kappa shape index (κ1) is 20.4. The molecule has 2 aromatic carbocycles. The molecule has 1 heterocycles. The Morgan fingerprint density at radius 1 is 1.07 bits per heavy atom. The second-order valence-corrected chi connectivity index (χ2v) is 6.96. The van der Waals surface area contributed by atoms with Gasteiger partial charge in [-0.1, -0.05) is 18.2 Å². The molecule has 0 radical (unpaired) electrons. The fraction of sp³-hybridized carbons (Fsp3) is 0.318. The second-order valence-electron chi connectivity index (χ2n) is 6.96. The molecule has 1 saturated heterocycles. The lowest BCUT2D eigenvalue weighted by Gasteiger charge is -2.32. The van der Waals surface area contributed by atoms with Crippen LogP contribution in [0.1, 0.15) is 29.6 Å². The number of carboxylic acids is 1. The normalized spacial score (nSPS) is 16.1. The summed E-state index contributed by atoms with van der Waals surface area (Å²) in [6.07, 6.45) is 1.74. The summed E-state index contributed by atoms with van der Waals surface area (Å²) in [6, 6.07) is 15.4. The zero-order chi connectivity index (χ0) is 20.6. The second kappa shape index (κ2) is 9.73. The Hall–Kier alpha value is -3.35. The van der Waals surface area contributed by atoms with E-state index < -0.39 is 5.97 Å². The lowest BCUT2D eigenvalue weighted by Crippen LogP contribution is -2.44. The van der Waals surface area contributed by atoms with Gasteiger partial charge in [-0.2, -0.15) is 0 Å². The van der Waals surface area contributed by atoms with Gasteiger partial charge >= 0.3 is 5.97 Å². The number of para-hydroxylation sites is 1. The quantitative estimate of drug-likeness (QED) is 0.750. The van der Waals surface area contributed by atoms with Gasteiger partial charge in [-0.05, 0) is 49.2 Å². The topological polar surface area (TPSA) is 95.9 Å². The molecule has 0 spiro atoms. The highest BCUT2D eigenvalue weighted by Crippen LogP contribution is 2.20. The zero-order valence-electron chi connectivity index (χ0n) is 16.0. The van der Waals surface area contributed by atoms with E-state index >= 15 is 0 Å². The number of anilines is 1. The van der Waals surface area contributed by atoms with Gasteiger partial charge in [0.05, 0.1) is 24.5 Å². The Bertz CT molecular complexity index is 851. The third-order valence-corrected chi connectivity index (χ3v) is 4.87. The number of amides is 2. The minimum absolute atomic E-state index is 0.0238. The van der Waals surface area contributed by atoms with Gasteiger partial charge in [-0.3, -0.25) is 9.59 Å². The molecule has 7 nitrogen and oxygen atoms in total. The summed E-state index contributed by atoms with van der Waals surface area (Å²) in [5, 5.41) is 11.7. The van der Waals surface area contributed by atoms with Crippen molar-refractivity contribution >= 4 is 23.5 Å². The molecule has 1 fully saturated rings. The standard InChI is InChI=1S/C22H24N2O5/c25-20(12-14-29-19-6-2-1-3-7-19)24-13-4-5-17(15-24)21(26)23-18-10-8-16(9-11-18)22(27)28/h1-3,6-11,17H,4-5,12-15H2,(H,23,26)(H,27,28). The number of carbonyl (C=O) groups excluding carboxylic acids is 2. The van der Waals surface area contributed by atoms with E-state index in [1.165, 1.54) is 12.1 Å². The maximum Gasteiger partial charge on any atom is 0.335 e. The van der Waals surface area contributed by atoms with Crippen molar-refractivity contribution in [2.45, 2.75) is 19.3 Å². The van der Waals surface area contributed by atoms with E-state index in [0.717, 1.165) is 12.2 Å². The first-order valence-corrected chi connectivity index (χ1v) is 9.63. The number of ether oxygens (including phenoxy) is 1. The molecular weight excluding hydrogens is 372 g/mol. The SMILES string of the molecule is O=C(O)c1ccc(NC(=O)C2CCCN(C(=O)CCOc3ccccc3)C2)cc1. The Balaban J connectivity index is 1.48. The molecule has 0 aliphatic carbocycles. The molecule has 0 saturated carbocycles. The molecule has 0 aromatic heterocycles. The smallest absolute Gasteiger partial charge is 0.335 e. The number of hydrogen-bond acceptors (Lipinski definition) is 4. The summed E-state index contributed by atoms with van der Waals surface area (Å²) in [6.45, 7) is 1.32. The van der Waals surface area contributed by atoms with Crippen LogP contribution in [0.25, 0.3) is 0 Å². The molecule has 1 unspecified atom stereocenters. The number of piperidine rings is 1. The molecule has 2 N–H and O–H groups in total. The number of benzene rings is 2. The molecule has 3 rings (SSSR count). The molecule has 0 bridgehead atoms. The van der Waals surface area contributed by atoms with E-state index in [1.807, 2.05) is 30.3 Å². The van der Waals surface area contributed by atoms with Crippen LogP contribution in [0.5, 0.6) is 5.75 Å². The number of carboxylic acid groups (broad SMARTS) is 1. The fourth-order valence-electron chi connectivity index (χ4n) is 3.29. The maximum absolute atomic E-state index is 12.6. The summed E-state index contributed by atoms with van der Waals surface area (Å²) < 4.78 is 5.58. The van der Waals surface area contributed by atoms with Crippen molar-refractivity contribution in [3.63, 3.8) is 0 Å². The highest BCUT2D eigenvalue weighted by Gasteiger charge is 2.28. The van der Waals surface area contributed by atoms with Crippen LogP contribution in [0.15, 0.2) is 54.6 Å². The van der Waals surface area contributed by atoms with E-state index in [-0.39, 0.29) is 29.7 Å². The Morgan fingerprint density at radius 2 is 1.79 bits per heavy atom. The number of hydrogen-bond donors (Lipinski definition) is 2. The fourth-order valence-corrected chi connectivity index (χ4v) is 3.29. The molecule has 29 heavy (non-hydrogen) atoms. The predicted molar refractivity (Wildman–Crippen MR) is 108 cm³/mol. The van der Waals surface area contributed by atoms with E-state index in [9.17, 15) is 14.4 Å². The maximum atomic E-state index is 12.6. The number of rotatable bonds is 7. The number of aromatic carboxylic acids is 1. The summed E-state index contributed by atoms with van der Waals surface area (Å²) in [5.74, 6) is -0.761. The van der Waals surface area contributed by atoms with E-state index in [2.05, 4.69) is 5.32 Å². The Morgan fingerprint density at radius 3 is 2.48 bits per heavy atom. The highest BCUT2D eigenvalue weighted by molar-refractivity contribution is 5.94. The largest absolute Gasteiger partial charge is 0.493 e. The molecule has 7 heteroatoms. The van der Waals surface area contributed by atoms with Crippen LogP contribution in [0.4, 0.5) is 5.69 Å². The van der Waals surface area contributed by atoms with Crippen molar-refractivity contribution in [1.29, 1.82) is 0 Å². The lowest BCUT2D eigenvalue weighted by atomic mass is 9.96. The van der Waals surface area contributed by atoms with Crippen LogP contribution >= 0.6 is 0 Å². The first-order valence-electron chi connectivity index (χ1n) is 9.63. The minimum atomic E-state index is -1.01. The van der Waals surface area contributed by atoms with Crippen LogP contribution in [0, 0.1) is 5.92 Å². The van der Waals surface area contributed by atoms with Gasteiger partial charge in [0.2, 0.25) is 11.8 Å². The van der Waals surface area contributed by atoms with Crippen LogP contribution in [0.2, 0.25) is 0 Å². The van der Waals surface area contributed by atoms with Crippen LogP contribution in [-0.2, 0) is 9.59 Å². The average molecular weight is 396 g/mol. The Labute approximate surface area is 169 Å². The molecule has 1 aliphatic heterocycles. The molecule has 1 atom stereocenters. The predicted octanol–water partition coefficient (Wildman–Crippen LogP) is 3.03. The average Bonchev–Trinajstić information content (AvgIpc) is 2.75. The van der Waals surface area contributed by atoms with Crippen molar-refractivity contribution in [1.82, 2.24) is 4.90 Å². The van der Waals surface area contributed by atoms with E-state index in [0.29, 0.717) is 31.8 Å². The summed E-state index contributed by atoms with van der Waals surface area (Å²) in [5.41, 5.74) is 0.704.